The van der Waals surface area contributed by atoms with E-state index in [1.54, 1.807) is 0 Å². The zero-order valence-electron chi connectivity index (χ0n) is 21.3. The van der Waals surface area contributed by atoms with Crippen molar-refractivity contribution >= 4 is 16.6 Å². The highest BCUT2D eigenvalue weighted by Crippen LogP contribution is 2.44. The van der Waals surface area contributed by atoms with Gasteiger partial charge in [-0.3, -0.25) is 14.3 Å². The lowest BCUT2D eigenvalue weighted by Crippen LogP contribution is -2.49. The summed E-state index contributed by atoms with van der Waals surface area (Å²) in [5.74, 6) is -0.363. The maximum atomic E-state index is 12.6. The number of nitrogens with zero attached hydrogens (tertiary/aromatic N) is 1. The Bertz CT molecular complexity index is 897. The quantitative estimate of drug-likeness (QED) is 0.572. The maximum Gasteiger partial charge on any atom is 0.330 e. The van der Waals surface area contributed by atoms with Gasteiger partial charge in [0.05, 0.1) is 25.4 Å². The number of aromatic nitrogens is 2. The van der Waals surface area contributed by atoms with E-state index in [1.807, 2.05) is 0 Å². The highest BCUT2D eigenvalue weighted by Gasteiger charge is 2.51. The topological polar surface area (TPSA) is 103 Å². The molecule has 1 aromatic rings. The molecule has 1 saturated heterocycles. The van der Waals surface area contributed by atoms with Crippen molar-refractivity contribution in [3.05, 3.63) is 33.1 Å². The second kappa shape index (κ2) is 9.30. The highest BCUT2D eigenvalue weighted by molar-refractivity contribution is 6.74. The van der Waals surface area contributed by atoms with Crippen LogP contribution in [-0.2, 0) is 13.6 Å². The van der Waals surface area contributed by atoms with Crippen molar-refractivity contribution in [2.75, 3.05) is 13.2 Å². The minimum Gasteiger partial charge on any atom is -0.414 e. The highest BCUT2D eigenvalue weighted by atomic mass is 28.4. The Hall–Kier alpha value is -1.05. The Morgan fingerprint density at radius 1 is 1.06 bits per heavy atom. The van der Waals surface area contributed by atoms with Gasteiger partial charge < -0.3 is 18.7 Å². The lowest BCUT2D eigenvalue weighted by molar-refractivity contribution is -0.0499. The molecule has 1 aliphatic heterocycles. The summed E-state index contributed by atoms with van der Waals surface area (Å²) in [5, 5.41) is 10.3. The van der Waals surface area contributed by atoms with Crippen molar-refractivity contribution in [2.45, 2.75) is 96.2 Å². The molecular formula is C22H42N2O6Si2. The molecule has 1 fully saturated rings. The number of hydrogen-bond acceptors (Lipinski definition) is 6. The molecule has 0 amide bonds. The minimum absolute atomic E-state index is 0.0343. The van der Waals surface area contributed by atoms with Gasteiger partial charge in [0, 0.05) is 18.2 Å². The van der Waals surface area contributed by atoms with Gasteiger partial charge in [-0.2, -0.15) is 0 Å². The third-order valence-electron chi connectivity index (χ3n) is 7.48. The smallest absolute Gasteiger partial charge is 0.330 e. The first-order valence-corrected chi connectivity index (χ1v) is 17.1. The summed E-state index contributed by atoms with van der Waals surface area (Å²) in [6, 6.07) is 1.29. The van der Waals surface area contributed by atoms with E-state index in [4.69, 9.17) is 13.6 Å². The van der Waals surface area contributed by atoms with Crippen molar-refractivity contribution in [3.63, 3.8) is 0 Å². The molecule has 1 aromatic heterocycles. The van der Waals surface area contributed by atoms with Crippen LogP contribution in [0.5, 0.6) is 0 Å². The van der Waals surface area contributed by atoms with Gasteiger partial charge in [0.15, 0.2) is 22.9 Å². The Balaban J connectivity index is 2.43. The predicted molar refractivity (Wildman–Crippen MR) is 131 cm³/mol. The van der Waals surface area contributed by atoms with Crippen molar-refractivity contribution in [1.82, 2.24) is 9.55 Å². The van der Waals surface area contributed by atoms with E-state index in [1.165, 1.54) is 16.8 Å². The first kappa shape index (κ1) is 27.2. The van der Waals surface area contributed by atoms with Crippen LogP contribution in [0.3, 0.4) is 0 Å². The fraction of sp³-hybridized carbons (Fsp3) is 0.818. The molecule has 0 aromatic carbocycles. The average molecular weight is 487 g/mol. The Labute approximate surface area is 193 Å². The van der Waals surface area contributed by atoms with E-state index in [0.29, 0.717) is 6.61 Å². The number of nitrogens with one attached hydrogen (secondary N) is 1. The summed E-state index contributed by atoms with van der Waals surface area (Å²) in [5.41, 5.74) is -1.03. The number of H-pyrrole nitrogens is 1. The van der Waals surface area contributed by atoms with Crippen LogP contribution < -0.4 is 11.2 Å². The molecule has 2 rings (SSSR count). The second-order valence-corrected chi connectivity index (χ2v) is 21.4. The van der Waals surface area contributed by atoms with Gasteiger partial charge in [-0.05, 0) is 36.3 Å². The third kappa shape index (κ3) is 5.71. The van der Waals surface area contributed by atoms with Crippen molar-refractivity contribution in [3.8, 4) is 0 Å². The molecule has 0 bridgehead atoms. The van der Waals surface area contributed by atoms with Crippen molar-refractivity contribution < 1.29 is 18.7 Å². The molecule has 0 saturated carbocycles. The van der Waals surface area contributed by atoms with Crippen LogP contribution in [0.4, 0.5) is 0 Å². The predicted octanol–water partition coefficient (Wildman–Crippen LogP) is 3.45. The van der Waals surface area contributed by atoms with Crippen molar-refractivity contribution in [1.29, 1.82) is 0 Å². The van der Waals surface area contributed by atoms with Crippen LogP contribution in [-0.4, -0.2) is 56.7 Å². The summed E-state index contributed by atoms with van der Waals surface area (Å²) in [7, 11) is -4.30. The van der Waals surface area contributed by atoms with Gasteiger partial charge in [-0.25, -0.2) is 4.79 Å². The first-order chi connectivity index (χ1) is 14.4. The summed E-state index contributed by atoms with van der Waals surface area (Å²) >= 11 is 0. The Kier molecular flexibility index (Phi) is 7.91. The first-order valence-electron chi connectivity index (χ1n) is 11.3. The minimum atomic E-state index is -2.26. The largest absolute Gasteiger partial charge is 0.414 e. The second-order valence-electron chi connectivity index (χ2n) is 11.8. The van der Waals surface area contributed by atoms with Gasteiger partial charge >= 0.3 is 5.69 Å². The van der Waals surface area contributed by atoms with Gasteiger partial charge in [-0.15, -0.1) is 0 Å². The number of aliphatic hydroxyl groups excluding tert-OH is 1. The molecule has 0 unspecified atom stereocenters. The molecule has 8 nitrogen and oxygen atoms in total. The normalized spacial score (nSPS) is 25.3. The van der Waals surface area contributed by atoms with Crippen LogP contribution in [0.2, 0.25) is 36.3 Å². The molecule has 1 aliphatic rings. The third-order valence-corrected chi connectivity index (χ3v) is 16.5. The van der Waals surface area contributed by atoms with Gasteiger partial charge in [0.1, 0.15) is 0 Å². The van der Waals surface area contributed by atoms with E-state index < -0.39 is 46.3 Å². The molecule has 0 spiro atoms. The monoisotopic (exact) mass is 486 g/mol. The summed E-state index contributed by atoms with van der Waals surface area (Å²) in [6.45, 7) is 21.7. The van der Waals surface area contributed by atoms with Crippen LogP contribution >= 0.6 is 0 Å². The van der Waals surface area contributed by atoms with Gasteiger partial charge in [0.25, 0.3) is 5.56 Å². The number of rotatable bonds is 7. The van der Waals surface area contributed by atoms with Crippen molar-refractivity contribution in [2.24, 2.45) is 5.92 Å². The van der Waals surface area contributed by atoms with Gasteiger partial charge in [-0.1, -0.05) is 41.5 Å². The Morgan fingerprint density at radius 2 is 1.62 bits per heavy atom. The van der Waals surface area contributed by atoms with E-state index in [2.05, 4.69) is 72.7 Å². The fourth-order valence-electron chi connectivity index (χ4n) is 3.19. The zero-order chi connectivity index (χ0) is 24.7. The molecule has 32 heavy (non-hydrogen) atoms. The molecule has 184 valence electrons. The molecular weight excluding hydrogens is 444 g/mol. The number of ether oxygens (including phenoxy) is 1. The van der Waals surface area contributed by atoms with E-state index in [9.17, 15) is 14.7 Å². The van der Waals surface area contributed by atoms with Crippen LogP contribution in [0, 0.1) is 5.92 Å². The van der Waals surface area contributed by atoms with Crippen LogP contribution in [0.15, 0.2) is 21.9 Å². The molecule has 0 radical (unpaired) electrons. The average Bonchev–Trinajstić information content (AvgIpc) is 2.94. The zero-order valence-corrected chi connectivity index (χ0v) is 23.3. The van der Waals surface area contributed by atoms with E-state index in [0.717, 1.165) is 0 Å². The Morgan fingerprint density at radius 3 is 2.09 bits per heavy atom. The number of aromatic amines is 1. The molecule has 2 N–H and O–H groups in total. The van der Waals surface area contributed by atoms with Gasteiger partial charge in [0.2, 0.25) is 0 Å². The van der Waals surface area contributed by atoms with E-state index in [-0.39, 0.29) is 22.6 Å². The maximum absolute atomic E-state index is 12.6. The lowest BCUT2D eigenvalue weighted by Gasteiger charge is -2.40. The summed E-state index contributed by atoms with van der Waals surface area (Å²) < 4.78 is 20.8. The number of aliphatic hydroxyl groups is 1. The van der Waals surface area contributed by atoms with Crippen LogP contribution in [0.1, 0.15) is 47.8 Å². The molecule has 0 aliphatic carbocycles. The molecule has 2 heterocycles. The van der Waals surface area contributed by atoms with Crippen LogP contribution in [0.25, 0.3) is 0 Å². The number of hydrogen-bond donors (Lipinski definition) is 2. The SMILES string of the molecule is CC(C)(C)[Si](C)(C)OC[C@H]1O[C@@H](n2ccc(=O)[nH]c2=O)[C@H](O[Si](C)(C)C(C)(C)C)[C@@H]1CO. The summed E-state index contributed by atoms with van der Waals surface area (Å²) in [4.78, 5) is 26.5. The fourth-order valence-corrected chi connectivity index (χ4v) is 5.53. The lowest BCUT2D eigenvalue weighted by atomic mass is 9.99. The molecule has 4 atom stereocenters. The molecule has 10 heteroatoms. The summed E-state index contributed by atoms with van der Waals surface area (Å²) in [6.07, 6.45) is -0.317. The standard InChI is InChI=1S/C22H42N2O6Si2/c1-21(2,3)31(7,8)28-14-16-15(13-25)18(30-32(9,10)22(4,5)6)19(29-16)24-12-11-17(26)23-20(24)27/h11-12,15-16,18-19,25H,13-14H2,1-10H3,(H,23,26,27)/t15-,16-,18-,19-/m1/s1. The van der Waals surface area contributed by atoms with E-state index >= 15 is 0 Å².